The highest BCUT2D eigenvalue weighted by Gasteiger charge is 2.28. The lowest BCUT2D eigenvalue weighted by atomic mass is 10.2. The van der Waals surface area contributed by atoms with Gasteiger partial charge in [-0.25, -0.2) is 4.98 Å². The molecule has 1 N–H and O–H groups in total. The largest absolute Gasteiger partial charge is 0.376 e. The van der Waals surface area contributed by atoms with Crippen molar-refractivity contribution < 1.29 is 9.53 Å². The van der Waals surface area contributed by atoms with Crippen LogP contribution in [0.25, 0.3) is 16.6 Å². The topological polar surface area (TPSA) is 106 Å². The van der Waals surface area contributed by atoms with Crippen LogP contribution < -0.4 is 5.56 Å². The third kappa shape index (κ3) is 4.57. The highest BCUT2D eigenvalue weighted by atomic mass is 35.5. The van der Waals surface area contributed by atoms with Crippen molar-refractivity contribution in [3.05, 3.63) is 81.1 Å². The van der Waals surface area contributed by atoms with Crippen LogP contribution in [0.1, 0.15) is 34.8 Å². The van der Waals surface area contributed by atoms with Gasteiger partial charge in [-0.3, -0.25) is 9.59 Å². The number of aromatic amines is 1. The Morgan fingerprint density at radius 1 is 1.24 bits per heavy atom. The number of halogens is 1. The fourth-order valence-corrected chi connectivity index (χ4v) is 4.27. The minimum Gasteiger partial charge on any atom is -0.376 e. The summed E-state index contributed by atoms with van der Waals surface area (Å²) in [6.45, 7) is 2.88. The molecule has 4 aromatic rings. The molecule has 1 unspecified atom stereocenters. The van der Waals surface area contributed by atoms with Crippen LogP contribution in [0.2, 0.25) is 5.02 Å². The zero-order valence-corrected chi connectivity index (χ0v) is 19.3. The molecule has 2 aromatic carbocycles. The molecule has 0 aliphatic carbocycles. The normalized spacial score (nSPS) is 15.6. The van der Waals surface area contributed by atoms with Gasteiger partial charge in [0, 0.05) is 18.2 Å². The molecule has 1 fully saturated rings. The van der Waals surface area contributed by atoms with Crippen LogP contribution in [0.3, 0.4) is 0 Å². The zero-order chi connectivity index (χ0) is 23.7. The van der Waals surface area contributed by atoms with Gasteiger partial charge >= 0.3 is 0 Å². The second-order valence-electron chi connectivity index (χ2n) is 8.25. The molecule has 5 rings (SSSR count). The van der Waals surface area contributed by atoms with E-state index < -0.39 is 0 Å². The number of hydrogen-bond donors (Lipinski definition) is 1. The third-order valence-corrected chi connectivity index (χ3v) is 6.00. The van der Waals surface area contributed by atoms with Crippen LogP contribution in [-0.4, -0.2) is 55.0 Å². The summed E-state index contributed by atoms with van der Waals surface area (Å²) >= 11 is 6.10. The number of aromatic nitrogens is 5. The lowest BCUT2D eigenvalue weighted by Gasteiger charge is -2.24. The van der Waals surface area contributed by atoms with Crippen LogP contribution in [0.4, 0.5) is 0 Å². The maximum Gasteiger partial charge on any atom is 0.276 e. The minimum atomic E-state index is -0.308. The predicted octanol–water partition coefficient (Wildman–Crippen LogP) is 3.29. The third-order valence-electron chi connectivity index (χ3n) is 5.76. The number of para-hydroxylation sites is 1. The summed E-state index contributed by atoms with van der Waals surface area (Å²) in [4.78, 5) is 36.6. The van der Waals surface area contributed by atoms with Crippen LogP contribution in [-0.2, 0) is 11.3 Å². The fraction of sp³-hybridized carbons (Fsp3) is 0.292. The summed E-state index contributed by atoms with van der Waals surface area (Å²) in [5.74, 6) is 0.0898. The van der Waals surface area contributed by atoms with Gasteiger partial charge in [-0.15, -0.1) is 5.10 Å². The molecule has 174 valence electrons. The van der Waals surface area contributed by atoms with E-state index >= 15 is 0 Å². The van der Waals surface area contributed by atoms with E-state index in [4.69, 9.17) is 16.3 Å². The van der Waals surface area contributed by atoms with E-state index in [9.17, 15) is 9.59 Å². The Kier molecular flexibility index (Phi) is 6.12. The van der Waals surface area contributed by atoms with Crippen molar-refractivity contribution in [2.24, 2.45) is 0 Å². The first-order valence-electron chi connectivity index (χ1n) is 11.1. The Morgan fingerprint density at radius 3 is 2.88 bits per heavy atom. The number of nitrogens with one attached hydrogen (secondary N) is 1. The van der Waals surface area contributed by atoms with E-state index in [1.54, 1.807) is 48.2 Å². The van der Waals surface area contributed by atoms with Crippen molar-refractivity contribution in [3.63, 3.8) is 0 Å². The lowest BCUT2D eigenvalue weighted by molar-refractivity contribution is 0.0496. The van der Waals surface area contributed by atoms with Crippen molar-refractivity contribution in [1.82, 2.24) is 29.9 Å². The van der Waals surface area contributed by atoms with Crippen molar-refractivity contribution >= 4 is 28.4 Å². The molecule has 10 heteroatoms. The molecule has 3 heterocycles. The number of H-pyrrole nitrogens is 1. The SMILES string of the molecule is Cc1nn(-c2cccc(Cl)c2)nc1C(=O)N(Cc1nc2ccccc2c(=O)[nH]1)CC1CCCO1. The molecular formula is C24H23ClN6O3. The Balaban J connectivity index is 1.47. The molecule has 0 spiro atoms. The molecule has 1 atom stereocenters. The number of aryl methyl sites for hydroxylation is 1. The molecule has 0 bridgehead atoms. The number of carbonyl (C=O) groups excluding carboxylic acids is 1. The van der Waals surface area contributed by atoms with Crippen molar-refractivity contribution in [2.45, 2.75) is 32.4 Å². The summed E-state index contributed by atoms with van der Waals surface area (Å²) in [6, 6.07) is 14.2. The molecule has 1 amide bonds. The lowest BCUT2D eigenvalue weighted by Crippen LogP contribution is -2.38. The summed E-state index contributed by atoms with van der Waals surface area (Å²) in [5.41, 5.74) is 1.70. The molecule has 34 heavy (non-hydrogen) atoms. The summed E-state index contributed by atoms with van der Waals surface area (Å²) in [6.07, 6.45) is 1.72. The van der Waals surface area contributed by atoms with Crippen molar-refractivity contribution in [3.8, 4) is 5.69 Å². The van der Waals surface area contributed by atoms with E-state index in [2.05, 4.69) is 20.2 Å². The number of nitrogens with zero attached hydrogens (tertiary/aromatic N) is 5. The van der Waals surface area contributed by atoms with Gasteiger partial charge in [-0.2, -0.15) is 9.90 Å². The van der Waals surface area contributed by atoms with E-state index in [-0.39, 0.29) is 29.8 Å². The maximum atomic E-state index is 13.6. The first-order valence-corrected chi connectivity index (χ1v) is 11.4. The number of amides is 1. The molecule has 0 saturated carbocycles. The smallest absolute Gasteiger partial charge is 0.276 e. The number of hydrogen-bond acceptors (Lipinski definition) is 6. The standard InChI is InChI=1S/C24H23ClN6O3/c1-15-22(29-31(28-15)17-7-4-6-16(25)12-17)24(33)30(13-18-8-5-11-34-18)14-21-26-20-10-3-2-9-19(20)23(32)27-21/h2-4,6-7,9-10,12,18H,5,8,11,13-14H2,1H3,(H,26,27,32). The highest BCUT2D eigenvalue weighted by molar-refractivity contribution is 6.30. The molecule has 0 radical (unpaired) electrons. The van der Waals surface area contributed by atoms with Gasteiger partial charge in [0.2, 0.25) is 0 Å². The molecule has 9 nitrogen and oxygen atoms in total. The zero-order valence-electron chi connectivity index (χ0n) is 18.6. The summed E-state index contributed by atoms with van der Waals surface area (Å²) < 4.78 is 5.78. The van der Waals surface area contributed by atoms with E-state index in [1.165, 1.54) is 4.80 Å². The average molecular weight is 479 g/mol. The van der Waals surface area contributed by atoms with Gasteiger partial charge in [-0.05, 0) is 50.1 Å². The predicted molar refractivity (Wildman–Crippen MR) is 127 cm³/mol. The van der Waals surface area contributed by atoms with E-state index in [1.807, 2.05) is 12.1 Å². The van der Waals surface area contributed by atoms with Crippen molar-refractivity contribution in [2.75, 3.05) is 13.2 Å². The van der Waals surface area contributed by atoms with Crippen molar-refractivity contribution in [1.29, 1.82) is 0 Å². The number of fused-ring (bicyclic) bond motifs is 1. The van der Waals surface area contributed by atoms with Gasteiger partial charge in [0.05, 0.1) is 34.9 Å². The van der Waals surface area contributed by atoms with Crippen LogP contribution in [0.5, 0.6) is 0 Å². The molecule has 1 saturated heterocycles. The van der Waals surface area contributed by atoms with Gasteiger partial charge in [0.15, 0.2) is 5.69 Å². The van der Waals surface area contributed by atoms with E-state index in [0.717, 1.165) is 12.8 Å². The summed E-state index contributed by atoms with van der Waals surface area (Å²) in [5, 5.41) is 9.91. The second-order valence-corrected chi connectivity index (χ2v) is 8.69. The molecule has 1 aliphatic rings. The Bertz CT molecular complexity index is 1410. The Morgan fingerprint density at radius 2 is 2.09 bits per heavy atom. The molecule has 1 aliphatic heterocycles. The van der Waals surface area contributed by atoms with Crippen LogP contribution in [0, 0.1) is 6.92 Å². The first-order chi connectivity index (χ1) is 16.5. The maximum absolute atomic E-state index is 13.6. The minimum absolute atomic E-state index is 0.0839. The Labute approximate surface area is 200 Å². The van der Waals surface area contributed by atoms with Crippen LogP contribution in [0.15, 0.2) is 53.3 Å². The fourth-order valence-electron chi connectivity index (χ4n) is 4.09. The highest BCUT2D eigenvalue weighted by Crippen LogP contribution is 2.19. The monoisotopic (exact) mass is 478 g/mol. The molecular weight excluding hydrogens is 456 g/mol. The number of ether oxygens (including phenoxy) is 1. The number of rotatable bonds is 6. The quantitative estimate of drug-likeness (QED) is 0.456. The first kappa shape index (κ1) is 22.2. The van der Waals surface area contributed by atoms with Crippen LogP contribution >= 0.6 is 11.6 Å². The van der Waals surface area contributed by atoms with Gasteiger partial charge in [0.25, 0.3) is 11.5 Å². The second kappa shape index (κ2) is 9.36. The Hall–Kier alpha value is -3.56. The molecule has 2 aromatic heterocycles. The van der Waals surface area contributed by atoms with Gasteiger partial charge in [-0.1, -0.05) is 29.8 Å². The number of carbonyl (C=O) groups is 1. The van der Waals surface area contributed by atoms with Gasteiger partial charge in [0.1, 0.15) is 5.82 Å². The van der Waals surface area contributed by atoms with Gasteiger partial charge < -0.3 is 14.6 Å². The van der Waals surface area contributed by atoms with E-state index in [0.29, 0.717) is 46.3 Å². The average Bonchev–Trinajstić information content (AvgIpc) is 3.48. The summed E-state index contributed by atoms with van der Waals surface area (Å²) in [7, 11) is 0. The number of benzene rings is 2.